The molecule has 1 aromatic heterocycles. The number of likely N-dealkylation sites (tertiary alicyclic amines) is 1. The van der Waals surface area contributed by atoms with E-state index in [1.54, 1.807) is 12.3 Å². The molecule has 1 spiro atoms. The lowest BCUT2D eigenvalue weighted by molar-refractivity contribution is -0.173. The Morgan fingerprint density at radius 1 is 1.32 bits per heavy atom. The zero-order chi connectivity index (χ0) is 25.1. The van der Waals surface area contributed by atoms with E-state index in [1.807, 2.05) is 24.3 Å². The summed E-state index contributed by atoms with van der Waals surface area (Å²) >= 11 is 0. The summed E-state index contributed by atoms with van der Waals surface area (Å²) < 4.78 is 6.63. The minimum atomic E-state index is -1.04. The smallest absolute Gasteiger partial charge is 0.207 e. The number of nitrogens with two attached hydrogens (primary N) is 1. The monoisotopic (exact) mass is 496 g/mol. The van der Waals surface area contributed by atoms with Gasteiger partial charge >= 0.3 is 0 Å². The summed E-state index contributed by atoms with van der Waals surface area (Å²) in [5, 5.41) is 35.9. The minimum absolute atomic E-state index is 0.0225. The number of aliphatic imine (C=N–C) groups is 1. The molecule has 2 bridgehead atoms. The molecule has 2 unspecified atom stereocenters. The number of rotatable bonds is 3. The van der Waals surface area contributed by atoms with Crippen LogP contribution in [0.5, 0.6) is 11.5 Å². The molecule has 3 heterocycles. The molecule has 1 saturated heterocycles. The first-order chi connectivity index (χ1) is 17.9. The molecule has 2 aliphatic heterocycles. The zero-order valence-corrected chi connectivity index (χ0v) is 20.3. The highest BCUT2D eigenvalue weighted by Crippen LogP contribution is 2.69. The van der Waals surface area contributed by atoms with Crippen LogP contribution in [-0.4, -0.2) is 50.8 Å². The van der Waals surface area contributed by atoms with Gasteiger partial charge in [0.2, 0.25) is 5.96 Å². The lowest BCUT2D eigenvalue weighted by Gasteiger charge is -2.62. The van der Waals surface area contributed by atoms with Gasteiger partial charge < -0.3 is 25.7 Å². The SMILES string of the molecule is N#CNC(N)=Nc1ccc2[nH]c3c(c2c1)C[C@@]1(O)C2Cc4ccc(O)c5c4[C@@]1(CCN2CC1CC1)C3O5. The highest BCUT2D eigenvalue weighted by molar-refractivity contribution is 5.90. The van der Waals surface area contributed by atoms with Crippen molar-refractivity contribution in [3.05, 3.63) is 52.7 Å². The number of piperidine rings is 1. The quantitative estimate of drug-likeness (QED) is 0.162. The maximum Gasteiger partial charge on any atom is 0.207 e. The van der Waals surface area contributed by atoms with Gasteiger partial charge in [0.25, 0.3) is 0 Å². The number of benzene rings is 2. The van der Waals surface area contributed by atoms with Crippen LogP contribution >= 0.6 is 0 Å². The van der Waals surface area contributed by atoms with E-state index in [-0.39, 0.29) is 17.8 Å². The molecule has 37 heavy (non-hydrogen) atoms. The number of aromatic amines is 1. The van der Waals surface area contributed by atoms with E-state index in [4.69, 9.17) is 15.7 Å². The van der Waals surface area contributed by atoms with Crippen molar-refractivity contribution in [2.24, 2.45) is 16.6 Å². The molecule has 3 aromatic rings. The van der Waals surface area contributed by atoms with Crippen LogP contribution in [-0.2, 0) is 18.3 Å². The molecule has 188 valence electrons. The summed E-state index contributed by atoms with van der Waals surface area (Å²) in [5.74, 6) is 1.42. The fourth-order valence-electron chi connectivity index (χ4n) is 7.90. The van der Waals surface area contributed by atoms with Gasteiger partial charge in [-0.1, -0.05) is 6.07 Å². The lowest BCUT2D eigenvalue weighted by atomic mass is 9.49. The van der Waals surface area contributed by atoms with Gasteiger partial charge in [-0.3, -0.25) is 10.2 Å². The minimum Gasteiger partial charge on any atom is -0.504 e. The molecule has 6 N–H and O–H groups in total. The van der Waals surface area contributed by atoms with Crippen molar-refractivity contribution in [3.63, 3.8) is 0 Å². The van der Waals surface area contributed by atoms with Crippen LogP contribution in [0.4, 0.5) is 5.69 Å². The molecule has 0 radical (unpaired) electrons. The molecular weight excluding hydrogens is 468 g/mol. The largest absolute Gasteiger partial charge is 0.504 e. The van der Waals surface area contributed by atoms with Gasteiger partial charge in [0.1, 0.15) is 0 Å². The molecule has 3 aliphatic carbocycles. The number of ether oxygens (including phenoxy) is 1. The Labute approximate surface area is 213 Å². The number of nitrogens with zero attached hydrogens (tertiary/aromatic N) is 3. The highest BCUT2D eigenvalue weighted by atomic mass is 16.5. The van der Waals surface area contributed by atoms with Crippen molar-refractivity contribution in [3.8, 4) is 17.7 Å². The number of hydrogen-bond acceptors (Lipinski definition) is 6. The number of guanidine groups is 1. The Bertz CT molecular complexity index is 1570. The standard InChI is InChI=1S/C28H28N6O3/c29-13-31-26(30)32-16-4-5-19-17(10-16)18-11-28(36)21-9-15-3-6-20(35)24-22(15)27(28,25(37-24)23(18)33-19)7-8-34(21)12-14-1-2-14/h3-6,10,14,21,25,33,35-36H,1-2,7-9,11-12H2,(H3,30,31,32)/t21?,25?,27-,28+/m0/s1. The number of fused-ring (bicyclic) bond motifs is 4. The number of aliphatic hydroxyl groups is 1. The number of nitrogens with one attached hydrogen (secondary N) is 2. The van der Waals surface area contributed by atoms with Gasteiger partial charge in [0.05, 0.1) is 22.4 Å². The van der Waals surface area contributed by atoms with Crippen molar-refractivity contribution in [2.45, 2.75) is 55.3 Å². The van der Waals surface area contributed by atoms with Gasteiger partial charge in [-0.2, -0.15) is 5.26 Å². The number of hydrogen-bond donors (Lipinski definition) is 5. The predicted octanol–water partition coefficient (Wildman–Crippen LogP) is 2.59. The van der Waals surface area contributed by atoms with Crippen LogP contribution in [0.25, 0.3) is 10.9 Å². The summed E-state index contributed by atoms with van der Waals surface area (Å²) in [7, 11) is 0. The average Bonchev–Trinajstić information content (AvgIpc) is 3.51. The molecular formula is C28H28N6O3. The van der Waals surface area contributed by atoms with Gasteiger partial charge in [-0.05, 0) is 73.5 Å². The fraction of sp³-hybridized carbons (Fsp3) is 0.429. The average molecular weight is 497 g/mol. The molecule has 0 amide bonds. The first-order valence-electron chi connectivity index (χ1n) is 13.0. The third-order valence-corrected chi connectivity index (χ3v) is 9.58. The van der Waals surface area contributed by atoms with Gasteiger partial charge in [-0.15, -0.1) is 0 Å². The Hall–Kier alpha value is -3.74. The van der Waals surface area contributed by atoms with E-state index >= 15 is 0 Å². The van der Waals surface area contributed by atoms with Crippen molar-refractivity contribution < 1.29 is 14.9 Å². The molecule has 9 heteroatoms. The highest BCUT2D eigenvalue weighted by Gasteiger charge is 2.72. The number of nitriles is 1. The lowest BCUT2D eigenvalue weighted by Crippen LogP contribution is -2.74. The zero-order valence-electron chi connectivity index (χ0n) is 20.3. The van der Waals surface area contributed by atoms with Gasteiger partial charge in [0, 0.05) is 35.5 Å². The number of phenolic OH excluding ortho intramolecular Hbond substituents is 1. The van der Waals surface area contributed by atoms with E-state index in [0.29, 0.717) is 17.9 Å². The third-order valence-electron chi connectivity index (χ3n) is 9.58. The summed E-state index contributed by atoms with van der Waals surface area (Å²) in [4.78, 5) is 10.5. The fourth-order valence-corrected chi connectivity index (χ4v) is 7.90. The topological polar surface area (TPSA) is 143 Å². The second kappa shape index (κ2) is 6.97. The Morgan fingerprint density at radius 2 is 2.19 bits per heavy atom. The maximum absolute atomic E-state index is 12.9. The second-order valence-corrected chi connectivity index (χ2v) is 11.4. The molecule has 8 rings (SSSR count). The first kappa shape index (κ1) is 21.4. The van der Waals surface area contributed by atoms with Crippen LogP contribution in [0, 0.1) is 17.4 Å². The van der Waals surface area contributed by atoms with E-state index in [2.05, 4.69) is 20.2 Å². The Morgan fingerprint density at radius 3 is 3.00 bits per heavy atom. The molecule has 1 saturated carbocycles. The Balaban J connectivity index is 1.34. The van der Waals surface area contributed by atoms with E-state index in [0.717, 1.165) is 59.6 Å². The predicted molar refractivity (Wildman–Crippen MR) is 137 cm³/mol. The molecule has 4 atom stereocenters. The number of aromatic nitrogens is 1. The third kappa shape index (κ3) is 2.62. The van der Waals surface area contributed by atoms with E-state index < -0.39 is 17.1 Å². The van der Waals surface area contributed by atoms with Crippen molar-refractivity contribution >= 4 is 22.5 Å². The van der Waals surface area contributed by atoms with Crippen molar-refractivity contribution in [2.75, 3.05) is 13.1 Å². The number of phenols is 1. The molecule has 2 aromatic carbocycles. The van der Waals surface area contributed by atoms with Crippen LogP contribution in [0.2, 0.25) is 0 Å². The van der Waals surface area contributed by atoms with Crippen LogP contribution in [0.3, 0.4) is 0 Å². The van der Waals surface area contributed by atoms with E-state index in [9.17, 15) is 10.2 Å². The normalized spacial score (nSPS) is 31.4. The van der Waals surface area contributed by atoms with Crippen LogP contribution < -0.4 is 15.8 Å². The summed E-state index contributed by atoms with van der Waals surface area (Å²) in [6.45, 7) is 1.94. The summed E-state index contributed by atoms with van der Waals surface area (Å²) in [5.41, 5.74) is 9.89. The van der Waals surface area contributed by atoms with E-state index in [1.165, 1.54) is 18.4 Å². The van der Waals surface area contributed by atoms with Crippen molar-refractivity contribution in [1.29, 1.82) is 5.26 Å². The first-order valence-corrected chi connectivity index (χ1v) is 13.0. The molecule has 5 aliphatic rings. The summed E-state index contributed by atoms with van der Waals surface area (Å²) in [6, 6.07) is 9.49. The summed E-state index contributed by atoms with van der Waals surface area (Å²) in [6.07, 6.45) is 5.92. The molecule has 2 fully saturated rings. The van der Waals surface area contributed by atoms with Gasteiger partial charge in [-0.25, -0.2) is 4.99 Å². The number of H-pyrrole nitrogens is 1. The van der Waals surface area contributed by atoms with Crippen molar-refractivity contribution in [1.82, 2.24) is 15.2 Å². The van der Waals surface area contributed by atoms with Gasteiger partial charge in [0.15, 0.2) is 23.8 Å². The van der Waals surface area contributed by atoms with Crippen LogP contribution in [0.1, 0.15) is 47.8 Å². The maximum atomic E-state index is 12.9. The van der Waals surface area contributed by atoms with Crippen LogP contribution in [0.15, 0.2) is 35.3 Å². The number of aromatic hydroxyl groups is 1. The molecule has 9 nitrogen and oxygen atoms in total. The Kier molecular flexibility index (Phi) is 4.02. The second-order valence-electron chi connectivity index (χ2n) is 11.4.